The first-order valence-corrected chi connectivity index (χ1v) is 9.73. The number of carbonyl (C=O) groups excluding carboxylic acids is 1. The van der Waals surface area contributed by atoms with Crippen LogP contribution in [0.25, 0.3) is 11.3 Å². The SMILES string of the molecule is CNc1cc(-c2ccccc2)nc(Nc2ccc(C3(C(=O)OC)CCC3)cc2)n1. The molecule has 0 radical (unpaired) electrons. The molecule has 1 saturated carbocycles. The molecule has 0 unspecified atom stereocenters. The van der Waals surface area contributed by atoms with Crippen LogP contribution in [-0.4, -0.2) is 30.1 Å². The summed E-state index contributed by atoms with van der Waals surface area (Å²) in [5.74, 6) is 1.09. The normalized spacial score (nSPS) is 14.6. The molecule has 0 aliphatic heterocycles. The van der Waals surface area contributed by atoms with E-state index in [1.807, 2.05) is 67.7 Å². The van der Waals surface area contributed by atoms with Crippen LogP contribution in [0.2, 0.25) is 0 Å². The van der Waals surface area contributed by atoms with E-state index in [1.54, 1.807) is 0 Å². The van der Waals surface area contributed by atoms with E-state index in [9.17, 15) is 4.79 Å². The van der Waals surface area contributed by atoms with E-state index in [0.717, 1.165) is 47.6 Å². The highest BCUT2D eigenvalue weighted by atomic mass is 16.5. The van der Waals surface area contributed by atoms with E-state index in [0.29, 0.717) is 5.95 Å². The Balaban J connectivity index is 1.59. The van der Waals surface area contributed by atoms with Gasteiger partial charge in [-0.1, -0.05) is 48.9 Å². The predicted octanol–water partition coefficient (Wildman–Crippen LogP) is 4.52. The molecule has 29 heavy (non-hydrogen) atoms. The molecule has 1 aliphatic rings. The third-order valence-electron chi connectivity index (χ3n) is 5.53. The fourth-order valence-electron chi connectivity index (χ4n) is 3.73. The van der Waals surface area contributed by atoms with Crippen LogP contribution >= 0.6 is 0 Å². The fraction of sp³-hybridized carbons (Fsp3) is 0.261. The minimum atomic E-state index is -0.490. The maximum absolute atomic E-state index is 12.3. The van der Waals surface area contributed by atoms with Crippen LogP contribution in [-0.2, 0) is 14.9 Å². The monoisotopic (exact) mass is 388 g/mol. The molecule has 1 fully saturated rings. The zero-order chi connectivity index (χ0) is 20.3. The molecular weight excluding hydrogens is 364 g/mol. The molecule has 0 saturated heterocycles. The molecule has 2 aromatic carbocycles. The maximum Gasteiger partial charge on any atom is 0.316 e. The van der Waals surface area contributed by atoms with Gasteiger partial charge in [0.25, 0.3) is 0 Å². The van der Waals surface area contributed by atoms with Gasteiger partial charge in [-0.25, -0.2) is 4.98 Å². The number of aromatic nitrogens is 2. The second-order valence-corrected chi connectivity index (χ2v) is 7.21. The van der Waals surface area contributed by atoms with Crippen molar-refractivity contribution in [3.63, 3.8) is 0 Å². The number of esters is 1. The first kappa shape index (κ1) is 18.9. The van der Waals surface area contributed by atoms with Gasteiger partial charge in [-0.2, -0.15) is 4.98 Å². The highest BCUT2D eigenvalue weighted by molar-refractivity contribution is 5.84. The Labute approximate surface area is 170 Å². The Kier molecular flexibility index (Phi) is 5.16. The molecular formula is C23H24N4O2. The molecule has 6 nitrogen and oxygen atoms in total. The van der Waals surface area contributed by atoms with Gasteiger partial charge in [0.15, 0.2) is 0 Å². The number of carbonyl (C=O) groups is 1. The number of nitrogens with one attached hydrogen (secondary N) is 2. The Morgan fingerprint density at radius 3 is 2.34 bits per heavy atom. The van der Waals surface area contributed by atoms with Crippen LogP contribution in [0.4, 0.5) is 17.5 Å². The molecule has 2 N–H and O–H groups in total. The average Bonchev–Trinajstić information content (AvgIpc) is 2.74. The smallest absolute Gasteiger partial charge is 0.316 e. The molecule has 3 aromatic rings. The van der Waals surface area contributed by atoms with Crippen LogP contribution < -0.4 is 10.6 Å². The molecule has 0 bridgehead atoms. The summed E-state index contributed by atoms with van der Waals surface area (Å²) in [5, 5.41) is 6.35. The van der Waals surface area contributed by atoms with Crippen LogP contribution in [0.15, 0.2) is 60.7 Å². The van der Waals surface area contributed by atoms with E-state index in [2.05, 4.69) is 20.6 Å². The highest BCUT2D eigenvalue weighted by Gasteiger charge is 2.46. The Hall–Kier alpha value is -3.41. The van der Waals surface area contributed by atoms with Gasteiger partial charge >= 0.3 is 5.97 Å². The van der Waals surface area contributed by atoms with Crippen molar-refractivity contribution in [1.29, 1.82) is 0 Å². The van der Waals surface area contributed by atoms with Gasteiger partial charge in [-0.05, 0) is 30.5 Å². The number of ether oxygens (including phenoxy) is 1. The van der Waals surface area contributed by atoms with Gasteiger partial charge in [0.05, 0.1) is 18.2 Å². The molecule has 4 rings (SSSR count). The quantitative estimate of drug-likeness (QED) is 0.605. The van der Waals surface area contributed by atoms with Crippen molar-refractivity contribution in [2.75, 3.05) is 24.8 Å². The van der Waals surface area contributed by atoms with Gasteiger partial charge in [0, 0.05) is 24.4 Å². The summed E-state index contributed by atoms with van der Waals surface area (Å²) in [6, 6.07) is 19.8. The number of methoxy groups -OCH3 is 1. The van der Waals surface area contributed by atoms with Gasteiger partial charge in [-0.15, -0.1) is 0 Å². The van der Waals surface area contributed by atoms with E-state index >= 15 is 0 Å². The van der Waals surface area contributed by atoms with Gasteiger partial charge in [-0.3, -0.25) is 4.79 Å². The second kappa shape index (κ2) is 7.91. The van der Waals surface area contributed by atoms with E-state index in [-0.39, 0.29) is 5.97 Å². The number of benzene rings is 2. The average molecular weight is 388 g/mol. The lowest BCUT2D eigenvalue weighted by Crippen LogP contribution is -2.43. The van der Waals surface area contributed by atoms with Crippen LogP contribution in [0, 0.1) is 0 Å². The molecule has 1 aliphatic carbocycles. The van der Waals surface area contributed by atoms with E-state index in [1.165, 1.54) is 7.11 Å². The lowest BCUT2D eigenvalue weighted by atomic mass is 9.64. The van der Waals surface area contributed by atoms with Crippen molar-refractivity contribution >= 4 is 23.4 Å². The Morgan fingerprint density at radius 1 is 1.03 bits per heavy atom. The molecule has 0 amide bonds. The summed E-state index contributed by atoms with van der Waals surface area (Å²) in [5.41, 5.74) is 3.23. The highest BCUT2D eigenvalue weighted by Crippen LogP contribution is 2.45. The van der Waals surface area contributed by atoms with Crippen molar-refractivity contribution in [3.8, 4) is 11.3 Å². The van der Waals surface area contributed by atoms with E-state index < -0.39 is 5.41 Å². The first-order valence-electron chi connectivity index (χ1n) is 9.73. The topological polar surface area (TPSA) is 76.1 Å². The molecule has 0 spiro atoms. The predicted molar refractivity (Wildman–Crippen MR) is 114 cm³/mol. The molecule has 6 heteroatoms. The van der Waals surface area contributed by atoms with E-state index in [4.69, 9.17) is 4.74 Å². The van der Waals surface area contributed by atoms with Crippen molar-refractivity contribution in [2.45, 2.75) is 24.7 Å². The Bertz CT molecular complexity index is 999. The summed E-state index contributed by atoms with van der Waals surface area (Å²) < 4.78 is 5.04. The standard InChI is InChI=1S/C23H24N4O2/c1-24-20-15-19(16-7-4-3-5-8-16)26-22(27-20)25-18-11-9-17(10-12-18)23(13-6-14-23)21(28)29-2/h3-5,7-12,15H,6,13-14H2,1-2H3,(H2,24,25,26,27). The second-order valence-electron chi connectivity index (χ2n) is 7.21. The third kappa shape index (κ3) is 3.66. The number of hydrogen-bond acceptors (Lipinski definition) is 6. The Morgan fingerprint density at radius 2 is 1.76 bits per heavy atom. The fourth-order valence-corrected chi connectivity index (χ4v) is 3.73. The zero-order valence-corrected chi connectivity index (χ0v) is 16.6. The van der Waals surface area contributed by atoms with Crippen molar-refractivity contribution in [2.24, 2.45) is 0 Å². The lowest BCUT2D eigenvalue weighted by Gasteiger charge is -2.39. The summed E-state index contributed by atoms with van der Waals surface area (Å²) >= 11 is 0. The number of anilines is 3. The number of nitrogens with zero attached hydrogens (tertiary/aromatic N) is 2. The third-order valence-corrected chi connectivity index (χ3v) is 5.53. The van der Waals surface area contributed by atoms with Crippen molar-refractivity contribution < 1.29 is 9.53 Å². The summed E-state index contributed by atoms with van der Waals surface area (Å²) in [6.45, 7) is 0. The minimum Gasteiger partial charge on any atom is -0.468 e. The molecule has 148 valence electrons. The van der Waals surface area contributed by atoms with Gasteiger partial charge < -0.3 is 15.4 Å². The van der Waals surface area contributed by atoms with Gasteiger partial charge in [0.2, 0.25) is 5.95 Å². The zero-order valence-electron chi connectivity index (χ0n) is 16.6. The molecule has 1 heterocycles. The lowest BCUT2D eigenvalue weighted by molar-refractivity contribution is -0.151. The molecule has 1 aromatic heterocycles. The molecule has 0 atom stereocenters. The largest absolute Gasteiger partial charge is 0.468 e. The van der Waals surface area contributed by atoms with Crippen molar-refractivity contribution in [1.82, 2.24) is 9.97 Å². The summed E-state index contributed by atoms with van der Waals surface area (Å²) in [7, 11) is 3.29. The van der Waals surface area contributed by atoms with Gasteiger partial charge in [0.1, 0.15) is 5.82 Å². The van der Waals surface area contributed by atoms with Crippen LogP contribution in [0.3, 0.4) is 0 Å². The first-order chi connectivity index (χ1) is 14.1. The number of rotatable bonds is 6. The summed E-state index contributed by atoms with van der Waals surface area (Å²) in [4.78, 5) is 21.4. The number of hydrogen-bond donors (Lipinski definition) is 2. The van der Waals surface area contributed by atoms with Crippen molar-refractivity contribution in [3.05, 3.63) is 66.2 Å². The maximum atomic E-state index is 12.3. The minimum absolute atomic E-state index is 0.151. The van der Waals surface area contributed by atoms with Crippen LogP contribution in [0.1, 0.15) is 24.8 Å². The summed E-state index contributed by atoms with van der Waals surface area (Å²) in [6.07, 6.45) is 2.71. The van der Waals surface area contributed by atoms with Crippen LogP contribution in [0.5, 0.6) is 0 Å².